The van der Waals surface area contributed by atoms with E-state index in [1.54, 1.807) is 18.5 Å². The Balaban J connectivity index is 1.57. The highest BCUT2D eigenvalue weighted by Crippen LogP contribution is 2.32. The van der Waals surface area contributed by atoms with E-state index >= 15 is 0 Å². The van der Waals surface area contributed by atoms with Crippen LogP contribution in [-0.4, -0.2) is 39.7 Å². The number of carbonyl (C=O) groups excluding carboxylic acids is 1. The molecule has 7 nitrogen and oxygen atoms in total. The van der Waals surface area contributed by atoms with Crippen LogP contribution in [0.3, 0.4) is 0 Å². The smallest absolute Gasteiger partial charge is 0.420 e. The second-order valence-corrected chi connectivity index (χ2v) is 7.39. The number of pyridine rings is 1. The lowest BCUT2D eigenvalue weighted by molar-refractivity contribution is -0.0964. The molecule has 0 radical (unpaired) electrons. The maximum atomic E-state index is 12.8. The molecule has 31 heavy (non-hydrogen) atoms. The third-order valence-corrected chi connectivity index (χ3v) is 4.85. The second kappa shape index (κ2) is 8.81. The van der Waals surface area contributed by atoms with E-state index in [9.17, 15) is 13.6 Å². The van der Waals surface area contributed by atoms with Crippen LogP contribution in [0, 0.1) is 0 Å². The average molecular weight is 446 g/mol. The first kappa shape index (κ1) is 20.9. The number of nitrogens with zero attached hydrogens (tertiary/aromatic N) is 4. The number of hydrogen-bond acceptors (Lipinski definition) is 6. The number of hydrogen-bond donors (Lipinski definition) is 1. The summed E-state index contributed by atoms with van der Waals surface area (Å²) in [5, 5.41) is 10.5. The van der Waals surface area contributed by atoms with E-state index in [2.05, 4.69) is 30.1 Å². The van der Waals surface area contributed by atoms with E-state index in [0.29, 0.717) is 11.3 Å². The van der Waals surface area contributed by atoms with Gasteiger partial charge in [-0.3, -0.25) is 4.79 Å². The molecule has 1 saturated heterocycles. The van der Waals surface area contributed by atoms with Gasteiger partial charge in [-0.05, 0) is 49.2 Å². The summed E-state index contributed by atoms with van der Waals surface area (Å²) in [6.45, 7) is 1.81. The summed E-state index contributed by atoms with van der Waals surface area (Å²) in [5.74, 6) is 0.285. The van der Waals surface area contributed by atoms with Crippen molar-refractivity contribution in [3.8, 4) is 16.9 Å². The van der Waals surface area contributed by atoms with Crippen LogP contribution in [-0.2, 0) is 0 Å². The van der Waals surface area contributed by atoms with Gasteiger partial charge >= 0.3 is 5.57 Å². The van der Waals surface area contributed by atoms with Crippen molar-refractivity contribution in [2.24, 2.45) is 0 Å². The Labute approximate surface area is 182 Å². The molecule has 160 valence electrons. The Hall–Kier alpha value is -3.33. The minimum Gasteiger partial charge on any atom is -0.420 e. The summed E-state index contributed by atoms with van der Waals surface area (Å²) in [7, 11) is 0. The SMILES string of the molecule is O=C(Nc1ccc(OC(F)(F)Cl)cc1)c1cnc(N2CCCC2)c(-c2ccnnc2)c1. The minimum absolute atomic E-state index is 0.123. The van der Waals surface area contributed by atoms with Crippen molar-refractivity contribution in [1.82, 2.24) is 15.2 Å². The second-order valence-electron chi connectivity index (χ2n) is 6.95. The summed E-state index contributed by atoms with van der Waals surface area (Å²) < 4.78 is 29.7. The Morgan fingerprint density at radius 3 is 2.48 bits per heavy atom. The van der Waals surface area contributed by atoms with E-state index in [0.717, 1.165) is 42.9 Å². The lowest BCUT2D eigenvalue weighted by atomic mass is 10.1. The van der Waals surface area contributed by atoms with Crippen LogP contribution in [0.15, 0.2) is 55.0 Å². The summed E-state index contributed by atoms with van der Waals surface area (Å²) in [5.41, 5.74) is -1.44. The molecule has 1 amide bonds. The van der Waals surface area contributed by atoms with Crippen molar-refractivity contribution in [3.05, 3.63) is 60.6 Å². The van der Waals surface area contributed by atoms with Crippen LogP contribution < -0.4 is 15.0 Å². The van der Waals surface area contributed by atoms with E-state index in [1.165, 1.54) is 30.5 Å². The monoisotopic (exact) mass is 445 g/mol. The maximum Gasteiger partial charge on any atom is 0.487 e. The summed E-state index contributed by atoms with van der Waals surface area (Å²) in [6.07, 6.45) is 6.92. The van der Waals surface area contributed by atoms with Gasteiger partial charge in [0.1, 0.15) is 11.6 Å². The van der Waals surface area contributed by atoms with Gasteiger partial charge in [-0.1, -0.05) is 0 Å². The summed E-state index contributed by atoms with van der Waals surface area (Å²) in [4.78, 5) is 19.5. The van der Waals surface area contributed by atoms with Crippen molar-refractivity contribution in [1.29, 1.82) is 0 Å². The predicted octanol–water partition coefficient (Wildman–Crippen LogP) is 4.56. The Kier molecular flexibility index (Phi) is 5.94. The van der Waals surface area contributed by atoms with Gasteiger partial charge in [-0.15, -0.1) is 8.78 Å². The molecule has 3 aromatic rings. The molecule has 0 aliphatic carbocycles. The van der Waals surface area contributed by atoms with Crippen LogP contribution in [0.5, 0.6) is 5.75 Å². The third-order valence-electron chi connectivity index (χ3n) is 4.78. The molecule has 1 aliphatic rings. The number of alkyl halides is 3. The van der Waals surface area contributed by atoms with Crippen molar-refractivity contribution in [3.63, 3.8) is 0 Å². The molecule has 0 saturated carbocycles. The largest absolute Gasteiger partial charge is 0.487 e. The highest BCUT2D eigenvalue weighted by Gasteiger charge is 2.27. The van der Waals surface area contributed by atoms with Gasteiger partial charge in [0, 0.05) is 47.7 Å². The topological polar surface area (TPSA) is 80.2 Å². The molecule has 0 unspecified atom stereocenters. The molecular weight excluding hydrogens is 428 g/mol. The fourth-order valence-corrected chi connectivity index (χ4v) is 3.46. The molecule has 1 N–H and O–H groups in total. The molecule has 1 fully saturated rings. The molecule has 1 aliphatic heterocycles. The maximum absolute atomic E-state index is 12.8. The number of aromatic nitrogens is 3. The third kappa shape index (κ3) is 5.24. The summed E-state index contributed by atoms with van der Waals surface area (Å²) in [6, 6.07) is 9.03. The van der Waals surface area contributed by atoms with Crippen molar-refractivity contribution >= 4 is 29.0 Å². The van der Waals surface area contributed by atoms with E-state index in [1.807, 2.05) is 6.07 Å². The number of nitrogens with one attached hydrogen (secondary N) is 1. The first-order chi connectivity index (χ1) is 14.9. The zero-order valence-corrected chi connectivity index (χ0v) is 17.0. The number of ether oxygens (including phenoxy) is 1. The van der Waals surface area contributed by atoms with Gasteiger partial charge in [0.2, 0.25) is 0 Å². The van der Waals surface area contributed by atoms with Crippen LogP contribution in [0.25, 0.3) is 11.1 Å². The molecule has 0 spiro atoms. The number of rotatable bonds is 6. The zero-order chi connectivity index (χ0) is 21.8. The fraction of sp³-hybridized carbons (Fsp3) is 0.238. The highest BCUT2D eigenvalue weighted by molar-refractivity contribution is 6.20. The molecule has 0 atom stereocenters. The molecule has 3 heterocycles. The number of anilines is 2. The molecular formula is C21H18ClF2N5O2. The van der Waals surface area contributed by atoms with Crippen LogP contribution in [0.2, 0.25) is 0 Å². The Bertz CT molecular complexity index is 1060. The van der Waals surface area contributed by atoms with Crippen molar-refractivity contribution in [2.45, 2.75) is 18.4 Å². The quantitative estimate of drug-likeness (QED) is 0.560. The Morgan fingerprint density at radius 1 is 1.10 bits per heavy atom. The van der Waals surface area contributed by atoms with Gasteiger partial charge < -0.3 is 15.0 Å². The van der Waals surface area contributed by atoms with Gasteiger partial charge in [-0.25, -0.2) is 4.98 Å². The van der Waals surface area contributed by atoms with Gasteiger partial charge in [0.25, 0.3) is 5.91 Å². The van der Waals surface area contributed by atoms with Crippen molar-refractivity contribution in [2.75, 3.05) is 23.3 Å². The standard InChI is InChI=1S/C21H18ClF2N5O2/c22-21(23,24)31-17-5-3-16(4-6-17)28-20(30)15-11-18(14-7-8-26-27-13-14)19(25-12-15)29-9-1-2-10-29/h3-8,11-13H,1-2,9-10H2,(H,28,30). The summed E-state index contributed by atoms with van der Waals surface area (Å²) >= 11 is 4.75. The van der Waals surface area contributed by atoms with Crippen LogP contribution >= 0.6 is 11.6 Å². The average Bonchev–Trinajstić information content (AvgIpc) is 3.29. The number of carbonyl (C=O) groups is 1. The molecule has 10 heteroatoms. The van der Waals surface area contributed by atoms with Crippen LogP contribution in [0.4, 0.5) is 20.3 Å². The molecule has 4 rings (SSSR count). The number of amides is 1. The van der Waals surface area contributed by atoms with E-state index in [4.69, 9.17) is 11.6 Å². The van der Waals surface area contributed by atoms with E-state index < -0.39 is 5.57 Å². The normalized spacial score (nSPS) is 13.8. The lowest BCUT2D eigenvalue weighted by Crippen LogP contribution is -2.21. The molecule has 1 aromatic carbocycles. The van der Waals surface area contributed by atoms with Gasteiger partial charge in [0.05, 0.1) is 18.0 Å². The van der Waals surface area contributed by atoms with Gasteiger partial charge in [0.15, 0.2) is 0 Å². The van der Waals surface area contributed by atoms with E-state index in [-0.39, 0.29) is 11.7 Å². The molecule has 2 aromatic heterocycles. The van der Waals surface area contributed by atoms with Gasteiger partial charge in [-0.2, -0.15) is 10.2 Å². The predicted molar refractivity (Wildman–Crippen MR) is 113 cm³/mol. The van der Waals surface area contributed by atoms with Crippen molar-refractivity contribution < 1.29 is 18.3 Å². The van der Waals surface area contributed by atoms with Crippen LogP contribution in [0.1, 0.15) is 23.2 Å². The first-order valence-electron chi connectivity index (χ1n) is 9.58. The molecule has 0 bridgehead atoms. The highest BCUT2D eigenvalue weighted by atomic mass is 35.5. The first-order valence-corrected chi connectivity index (χ1v) is 9.96. The lowest BCUT2D eigenvalue weighted by Gasteiger charge is -2.20. The fourth-order valence-electron chi connectivity index (χ4n) is 3.37. The number of benzene rings is 1. The minimum atomic E-state index is -3.80. The zero-order valence-electron chi connectivity index (χ0n) is 16.3. The Morgan fingerprint density at radius 2 is 1.84 bits per heavy atom. The number of halogens is 3.